The number of fused-ring (bicyclic) bond motifs is 2. The molecule has 5 aromatic rings. The summed E-state index contributed by atoms with van der Waals surface area (Å²) in [5, 5.41) is 12.0. The van der Waals surface area contributed by atoms with Crippen molar-refractivity contribution in [1.29, 1.82) is 0 Å². The number of aliphatic hydroxyl groups is 1. The molecule has 9 heteroatoms. The predicted molar refractivity (Wildman–Crippen MR) is 164 cm³/mol. The summed E-state index contributed by atoms with van der Waals surface area (Å²) in [6.07, 6.45) is 0.699. The molecule has 214 valence electrons. The predicted octanol–water partition coefficient (Wildman–Crippen LogP) is 7.05. The Morgan fingerprint density at radius 2 is 1.77 bits per heavy atom. The van der Waals surface area contributed by atoms with E-state index in [1.807, 2.05) is 61.5 Å². The van der Waals surface area contributed by atoms with Crippen LogP contribution >= 0.6 is 11.3 Å². The van der Waals surface area contributed by atoms with Crippen LogP contribution in [0.2, 0.25) is 0 Å². The molecule has 0 bridgehead atoms. The van der Waals surface area contributed by atoms with Gasteiger partial charge in [-0.2, -0.15) is 0 Å². The maximum absolute atomic E-state index is 13.8. The van der Waals surface area contributed by atoms with Gasteiger partial charge in [-0.15, -0.1) is 0 Å². The number of Topliss-reactive ketones (excluding diaryl/α,β-unsaturated/α-hetero) is 1. The van der Waals surface area contributed by atoms with E-state index < -0.39 is 17.7 Å². The summed E-state index contributed by atoms with van der Waals surface area (Å²) < 4.78 is 18.1. The summed E-state index contributed by atoms with van der Waals surface area (Å²) in [5.74, 6) is 0.739. The van der Waals surface area contributed by atoms with Crippen LogP contribution in [0.15, 0.2) is 96.6 Å². The lowest BCUT2D eigenvalue weighted by molar-refractivity contribution is -0.132. The molecule has 0 radical (unpaired) electrons. The van der Waals surface area contributed by atoms with Crippen LogP contribution in [0.5, 0.6) is 23.0 Å². The maximum atomic E-state index is 13.8. The minimum atomic E-state index is -0.954. The molecule has 1 N–H and O–H groups in total. The second kappa shape index (κ2) is 10.6. The van der Waals surface area contributed by atoms with Crippen molar-refractivity contribution in [1.82, 2.24) is 4.98 Å². The molecule has 0 unspecified atom stereocenters. The van der Waals surface area contributed by atoms with Gasteiger partial charge in [0.15, 0.2) is 5.13 Å². The molecule has 2 aliphatic rings. The number of rotatable bonds is 6. The van der Waals surface area contributed by atoms with Crippen molar-refractivity contribution in [2.45, 2.75) is 25.5 Å². The van der Waals surface area contributed by atoms with Crippen LogP contribution in [0.1, 0.15) is 29.7 Å². The molecular formula is C34H26N2O6S. The normalized spacial score (nSPS) is 19.0. The third kappa shape index (κ3) is 4.77. The van der Waals surface area contributed by atoms with Crippen molar-refractivity contribution in [2.75, 3.05) is 12.0 Å². The first kappa shape index (κ1) is 26.7. The number of nitrogens with zero attached hydrogens (tertiary/aromatic N) is 2. The highest BCUT2D eigenvalue weighted by atomic mass is 32.1. The monoisotopic (exact) mass is 590 g/mol. The number of ketones is 1. The van der Waals surface area contributed by atoms with Crippen molar-refractivity contribution in [3.05, 3.63) is 113 Å². The van der Waals surface area contributed by atoms with E-state index >= 15 is 0 Å². The van der Waals surface area contributed by atoms with Crippen molar-refractivity contribution < 1.29 is 28.9 Å². The standard InChI is InChI=1S/C34H26N2O6S/c1-19-15-22-16-21(11-14-27(22)41-19)31(37)29-30(20-7-6-10-25(17-20)42-23-8-4-3-5-9-23)36(33(39)32(29)38)34-35-26-13-12-24(40-2)18-28(26)43-34/h3-14,16-19,30,37H,15H2,1-2H3/t19-,30+/m0/s1. The summed E-state index contributed by atoms with van der Waals surface area (Å²) in [6, 6.07) is 26.3. The molecular weight excluding hydrogens is 564 g/mol. The third-order valence-electron chi connectivity index (χ3n) is 7.56. The fourth-order valence-electron chi connectivity index (χ4n) is 5.57. The second-order valence-electron chi connectivity index (χ2n) is 10.4. The van der Waals surface area contributed by atoms with Gasteiger partial charge in [-0.05, 0) is 78.7 Å². The van der Waals surface area contributed by atoms with E-state index in [-0.39, 0.29) is 17.4 Å². The molecule has 4 aromatic carbocycles. The van der Waals surface area contributed by atoms with Gasteiger partial charge in [0.2, 0.25) is 0 Å². The average Bonchev–Trinajstić information content (AvgIpc) is 3.69. The Bertz CT molecular complexity index is 1930. The van der Waals surface area contributed by atoms with Crippen LogP contribution in [0.25, 0.3) is 16.0 Å². The van der Waals surface area contributed by atoms with Gasteiger partial charge in [-0.1, -0.05) is 41.7 Å². The zero-order chi connectivity index (χ0) is 29.7. The Kier molecular flexibility index (Phi) is 6.59. The van der Waals surface area contributed by atoms with Crippen molar-refractivity contribution >= 4 is 44.1 Å². The number of para-hydroxylation sites is 1. The van der Waals surface area contributed by atoms with Gasteiger partial charge < -0.3 is 19.3 Å². The minimum Gasteiger partial charge on any atom is -0.507 e. The van der Waals surface area contributed by atoms with E-state index in [4.69, 9.17) is 19.2 Å². The highest BCUT2D eigenvalue weighted by Crippen LogP contribution is 2.46. The van der Waals surface area contributed by atoms with Crippen molar-refractivity contribution in [3.8, 4) is 23.0 Å². The molecule has 3 heterocycles. The van der Waals surface area contributed by atoms with Gasteiger partial charge in [0.05, 0.1) is 28.9 Å². The van der Waals surface area contributed by atoms with Crippen LogP contribution in [-0.4, -0.2) is 35.0 Å². The molecule has 2 aliphatic heterocycles. The van der Waals surface area contributed by atoms with Gasteiger partial charge in [0.25, 0.3) is 5.78 Å². The van der Waals surface area contributed by atoms with Crippen LogP contribution in [-0.2, 0) is 16.0 Å². The molecule has 0 aliphatic carbocycles. The quantitative estimate of drug-likeness (QED) is 0.129. The van der Waals surface area contributed by atoms with E-state index in [1.165, 1.54) is 16.2 Å². The van der Waals surface area contributed by atoms with Crippen LogP contribution in [0, 0.1) is 0 Å². The lowest BCUT2D eigenvalue weighted by Crippen LogP contribution is -2.29. The summed E-state index contributed by atoms with van der Waals surface area (Å²) in [6.45, 7) is 1.98. The largest absolute Gasteiger partial charge is 0.507 e. The van der Waals surface area contributed by atoms with E-state index in [0.29, 0.717) is 45.4 Å². The number of hydrogen-bond donors (Lipinski definition) is 1. The maximum Gasteiger partial charge on any atom is 0.301 e. The molecule has 1 aromatic heterocycles. The number of aromatic nitrogens is 1. The lowest BCUT2D eigenvalue weighted by atomic mass is 9.94. The Balaban J connectivity index is 1.38. The Hall–Kier alpha value is -5.15. The third-order valence-corrected chi connectivity index (χ3v) is 8.57. The highest BCUT2D eigenvalue weighted by Gasteiger charge is 2.48. The van der Waals surface area contributed by atoms with Gasteiger partial charge in [0.1, 0.15) is 34.9 Å². The Labute approximate surface area is 251 Å². The molecule has 43 heavy (non-hydrogen) atoms. The molecule has 1 fully saturated rings. The summed E-state index contributed by atoms with van der Waals surface area (Å²) in [7, 11) is 1.58. The number of amides is 1. The number of ether oxygens (including phenoxy) is 3. The number of thiazole rings is 1. The number of anilines is 1. The van der Waals surface area contributed by atoms with E-state index in [0.717, 1.165) is 16.0 Å². The molecule has 1 saturated heterocycles. The van der Waals surface area contributed by atoms with Crippen molar-refractivity contribution in [2.24, 2.45) is 0 Å². The fourth-order valence-corrected chi connectivity index (χ4v) is 6.59. The molecule has 1 amide bonds. The number of carbonyl (C=O) groups excluding carboxylic acids is 2. The summed E-state index contributed by atoms with van der Waals surface area (Å²) >= 11 is 1.27. The molecule has 0 saturated carbocycles. The van der Waals surface area contributed by atoms with E-state index in [1.54, 1.807) is 43.5 Å². The van der Waals surface area contributed by atoms with Gasteiger partial charge in [0, 0.05) is 12.0 Å². The summed E-state index contributed by atoms with van der Waals surface area (Å²) in [4.78, 5) is 33.6. The molecule has 8 nitrogen and oxygen atoms in total. The van der Waals surface area contributed by atoms with Gasteiger partial charge in [-0.3, -0.25) is 14.5 Å². The van der Waals surface area contributed by atoms with Gasteiger partial charge >= 0.3 is 5.91 Å². The number of methoxy groups -OCH3 is 1. The first-order chi connectivity index (χ1) is 20.9. The van der Waals surface area contributed by atoms with Crippen molar-refractivity contribution in [3.63, 3.8) is 0 Å². The van der Waals surface area contributed by atoms with Crippen LogP contribution in [0.3, 0.4) is 0 Å². The molecule has 7 rings (SSSR count). The number of aliphatic hydroxyl groups excluding tert-OH is 1. The highest BCUT2D eigenvalue weighted by molar-refractivity contribution is 7.22. The fraction of sp³-hybridized carbons (Fsp3) is 0.147. The van der Waals surface area contributed by atoms with E-state index in [2.05, 4.69) is 0 Å². The van der Waals surface area contributed by atoms with E-state index in [9.17, 15) is 14.7 Å². The Morgan fingerprint density at radius 3 is 2.58 bits per heavy atom. The number of benzene rings is 4. The van der Waals surface area contributed by atoms with Crippen LogP contribution < -0.4 is 19.1 Å². The Morgan fingerprint density at radius 1 is 0.953 bits per heavy atom. The summed E-state index contributed by atoms with van der Waals surface area (Å²) in [5.41, 5.74) is 2.59. The second-order valence-corrected chi connectivity index (χ2v) is 11.5. The first-order valence-corrected chi connectivity index (χ1v) is 14.6. The zero-order valence-electron chi connectivity index (χ0n) is 23.3. The molecule has 0 spiro atoms. The van der Waals surface area contributed by atoms with Gasteiger partial charge in [-0.25, -0.2) is 4.98 Å². The van der Waals surface area contributed by atoms with Crippen LogP contribution in [0.4, 0.5) is 5.13 Å². The zero-order valence-corrected chi connectivity index (χ0v) is 24.1. The molecule has 2 atom stereocenters. The topological polar surface area (TPSA) is 98.2 Å². The SMILES string of the molecule is COc1ccc2nc(N3C(=O)C(=O)C(=C(O)c4ccc5c(c4)C[C@H](C)O5)[C@H]3c3cccc(Oc4ccccc4)c3)sc2c1. The first-order valence-electron chi connectivity index (χ1n) is 13.8. The number of hydrogen-bond acceptors (Lipinski definition) is 8. The lowest BCUT2D eigenvalue weighted by Gasteiger charge is -2.23. The minimum absolute atomic E-state index is 0.0167. The number of carbonyl (C=O) groups is 2. The smallest absolute Gasteiger partial charge is 0.301 e. The average molecular weight is 591 g/mol.